The van der Waals surface area contributed by atoms with Gasteiger partial charge in [0.2, 0.25) is 0 Å². The van der Waals surface area contributed by atoms with Gasteiger partial charge in [-0.15, -0.1) is 0 Å². The Morgan fingerprint density at radius 1 is 1.29 bits per heavy atom. The van der Waals surface area contributed by atoms with E-state index in [1.54, 1.807) is 0 Å². The summed E-state index contributed by atoms with van der Waals surface area (Å²) in [6.07, 6.45) is 0. The highest BCUT2D eigenvalue weighted by molar-refractivity contribution is 9.10. The summed E-state index contributed by atoms with van der Waals surface area (Å²) in [5.74, 6) is -1.22. The molecule has 0 fully saturated rings. The first-order chi connectivity index (χ1) is 6.38. The Hall–Kier alpha value is -0.715. The summed E-state index contributed by atoms with van der Waals surface area (Å²) in [4.78, 5) is 0. The van der Waals surface area contributed by atoms with E-state index in [0.717, 1.165) is 12.1 Å². The van der Waals surface area contributed by atoms with Gasteiger partial charge in [0.15, 0.2) is 11.6 Å². The normalized spacial score (nSPS) is 11.5. The smallest absolute Gasteiger partial charge is 0.515 e. The summed E-state index contributed by atoms with van der Waals surface area (Å²) in [5.41, 5.74) is 0. The quantitative estimate of drug-likeness (QED) is 0.605. The van der Waals surface area contributed by atoms with E-state index < -0.39 is 25.1 Å². The van der Waals surface area contributed by atoms with E-state index in [1.807, 2.05) is 0 Å². The van der Waals surface area contributed by atoms with E-state index in [1.165, 1.54) is 6.07 Å². The molecule has 1 aromatic carbocycles. The molecule has 7 heteroatoms. The lowest BCUT2D eigenvalue weighted by molar-refractivity contribution is 0.301. The first-order valence-corrected chi connectivity index (χ1v) is 4.46. The topological polar surface area (TPSA) is 9.23 Å². The monoisotopic (exact) mass is 271 g/mol. The number of halogens is 5. The summed E-state index contributed by atoms with van der Waals surface area (Å²) >= 11 is 2.99. The predicted octanol–water partition coefficient (Wildman–Crippen LogP) is 3.35. The van der Waals surface area contributed by atoms with Crippen molar-refractivity contribution in [3.63, 3.8) is 0 Å². The summed E-state index contributed by atoms with van der Waals surface area (Å²) in [6.45, 7) is -6.50. The van der Waals surface area contributed by atoms with Crippen molar-refractivity contribution >= 4 is 22.9 Å². The third kappa shape index (κ3) is 3.57. The first kappa shape index (κ1) is 11.4. The molecule has 0 aromatic heterocycles. The largest absolute Gasteiger partial charge is 0.519 e. The molecule has 0 atom stereocenters. The molecule has 0 saturated carbocycles. The fourth-order valence-corrected chi connectivity index (χ4v) is 1.11. The molecule has 0 aliphatic heterocycles. The molecule has 14 heavy (non-hydrogen) atoms. The van der Waals surface area contributed by atoms with Gasteiger partial charge >= 0.3 is 6.98 Å². The molecule has 0 spiro atoms. The van der Waals surface area contributed by atoms with E-state index in [2.05, 4.69) is 20.7 Å². The fraction of sp³-hybridized carbons (Fsp3) is 0.143. The molecule has 1 aromatic rings. The maximum absolute atomic E-state index is 12.8. The van der Waals surface area contributed by atoms with Crippen molar-refractivity contribution < 1.29 is 22.1 Å². The zero-order valence-electron chi connectivity index (χ0n) is 6.81. The maximum atomic E-state index is 12.8. The molecule has 0 N–H and O–H groups in total. The molecular formula is C7H5BBrF4O-. The van der Waals surface area contributed by atoms with E-state index in [9.17, 15) is 17.3 Å². The van der Waals surface area contributed by atoms with Crippen molar-refractivity contribution in [3.05, 3.63) is 28.5 Å². The van der Waals surface area contributed by atoms with E-state index >= 15 is 0 Å². The van der Waals surface area contributed by atoms with Crippen LogP contribution in [0.2, 0.25) is 0 Å². The van der Waals surface area contributed by atoms with Crippen LogP contribution in [-0.2, 0) is 0 Å². The average Bonchev–Trinajstić information content (AvgIpc) is 2.05. The Balaban J connectivity index is 2.72. The van der Waals surface area contributed by atoms with Crippen LogP contribution in [0.1, 0.15) is 0 Å². The summed E-state index contributed by atoms with van der Waals surface area (Å²) in [6, 6.07) is 3.56. The van der Waals surface area contributed by atoms with Gasteiger partial charge in [-0.2, -0.15) is 0 Å². The molecule has 0 radical (unpaired) electrons. The van der Waals surface area contributed by atoms with Crippen LogP contribution in [0.25, 0.3) is 0 Å². The van der Waals surface area contributed by atoms with Crippen molar-refractivity contribution in [2.24, 2.45) is 0 Å². The molecule has 1 nitrogen and oxygen atoms in total. The van der Waals surface area contributed by atoms with Gasteiger partial charge in [-0.3, -0.25) is 0 Å². The number of hydrogen-bond donors (Lipinski definition) is 0. The molecule has 0 aliphatic carbocycles. The van der Waals surface area contributed by atoms with Crippen molar-refractivity contribution in [1.29, 1.82) is 0 Å². The highest BCUT2D eigenvalue weighted by atomic mass is 79.9. The predicted molar refractivity (Wildman–Crippen MR) is 48.7 cm³/mol. The van der Waals surface area contributed by atoms with Crippen LogP contribution in [0, 0.1) is 5.82 Å². The zero-order chi connectivity index (χ0) is 10.8. The second kappa shape index (κ2) is 4.21. The van der Waals surface area contributed by atoms with Crippen molar-refractivity contribution in [3.8, 4) is 5.75 Å². The molecular weight excluding hydrogens is 267 g/mol. The summed E-state index contributed by atoms with van der Waals surface area (Å²) in [5, 5.41) is 0. The zero-order valence-corrected chi connectivity index (χ0v) is 8.40. The maximum Gasteiger partial charge on any atom is 0.515 e. The molecule has 0 heterocycles. The van der Waals surface area contributed by atoms with Gasteiger partial charge in [0.05, 0.1) is 6.51 Å². The SMILES string of the molecule is Fc1ccc(Br)cc1OC[B-](F)(F)F. The van der Waals surface area contributed by atoms with Crippen molar-refractivity contribution in [1.82, 2.24) is 0 Å². The van der Waals surface area contributed by atoms with Crippen LogP contribution in [0.3, 0.4) is 0 Å². The Morgan fingerprint density at radius 2 is 1.93 bits per heavy atom. The number of hydrogen-bond acceptors (Lipinski definition) is 1. The van der Waals surface area contributed by atoms with Crippen LogP contribution in [0.4, 0.5) is 17.3 Å². The average molecular weight is 272 g/mol. The first-order valence-electron chi connectivity index (χ1n) is 3.67. The van der Waals surface area contributed by atoms with Crippen LogP contribution >= 0.6 is 15.9 Å². The van der Waals surface area contributed by atoms with E-state index in [0.29, 0.717) is 4.47 Å². The molecule has 78 valence electrons. The number of ether oxygens (including phenoxy) is 1. The van der Waals surface area contributed by atoms with Gasteiger partial charge < -0.3 is 17.7 Å². The van der Waals surface area contributed by atoms with Gasteiger partial charge in [-0.25, -0.2) is 4.39 Å². The Bertz CT molecular complexity index is 328. The van der Waals surface area contributed by atoms with Crippen molar-refractivity contribution in [2.75, 3.05) is 6.51 Å². The highest BCUT2D eigenvalue weighted by Crippen LogP contribution is 2.23. The van der Waals surface area contributed by atoms with Gasteiger partial charge in [-0.05, 0) is 18.2 Å². The third-order valence-corrected chi connectivity index (χ3v) is 1.81. The van der Waals surface area contributed by atoms with E-state index in [4.69, 9.17) is 0 Å². The molecule has 0 aliphatic rings. The fourth-order valence-electron chi connectivity index (χ4n) is 0.772. The minimum Gasteiger partial charge on any atom is -0.519 e. The Kier molecular flexibility index (Phi) is 3.41. The third-order valence-electron chi connectivity index (χ3n) is 1.32. The van der Waals surface area contributed by atoms with Crippen LogP contribution in [-0.4, -0.2) is 13.5 Å². The summed E-state index contributed by atoms with van der Waals surface area (Å²) in [7, 11) is 0. The van der Waals surface area contributed by atoms with Gasteiger partial charge in [0.25, 0.3) is 0 Å². The van der Waals surface area contributed by atoms with Crippen LogP contribution in [0.15, 0.2) is 22.7 Å². The lowest BCUT2D eigenvalue weighted by Gasteiger charge is -2.15. The van der Waals surface area contributed by atoms with Gasteiger partial charge in [0.1, 0.15) is 0 Å². The second-order valence-corrected chi connectivity index (χ2v) is 3.51. The number of benzene rings is 1. The van der Waals surface area contributed by atoms with Crippen LogP contribution < -0.4 is 4.74 Å². The van der Waals surface area contributed by atoms with Crippen LogP contribution in [0.5, 0.6) is 5.75 Å². The molecule has 0 amide bonds. The Morgan fingerprint density at radius 3 is 2.50 bits per heavy atom. The van der Waals surface area contributed by atoms with E-state index in [-0.39, 0.29) is 0 Å². The lowest BCUT2D eigenvalue weighted by Crippen LogP contribution is -2.26. The van der Waals surface area contributed by atoms with Crippen molar-refractivity contribution in [2.45, 2.75) is 0 Å². The van der Waals surface area contributed by atoms with Gasteiger partial charge in [0, 0.05) is 4.47 Å². The number of rotatable bonds is 3. The standard InChI is InChI=1S/C7H5BBrF4O/c9-5-1-2-6(10)7(3-5)14-4-8(11,12)13/h1-3H,4H2/q-1. The Labute approximate surface area is 86.2 Å². The molecule has 0 bridgehead atoms. The second-order valence-electron chi connectivity index (χ2n) is 2.60. The molecule has 0 unspecified atom stereocenters. The highest BCUT2D eigenvalue weighted by Gasteiger charge is 2.24. The summed E-state index contributed by atoms with van der Waals surface area (Å²) < 4.78 is 52.9. The van der Waals surface area contributed by atoms with Gasteiger partial charge in [-0.1, -0.05) is 15.9 Å². The lowest BCUT2D eigenvalue weighted by atomic mass is 9.95. The molecule has 1 rings (SSSR count). The minimum absolute atomic E-state index is 0.404. The minimum atomic E-state index is -5.06. The molecule has 0 saturated heterocycles.